The predicted octanol–water partition coefficient (Wildman–Crippen LogP) is 2.97. The number of hydrogen-bond donors (Lipinski definition) is 1. The summed E-state index contributed by atoms with van der Waals surface area (Å²) in [6, 6.07) is 1.42. The van der Waals surface area contributed by atoms with Gasteiger partial charge in [-0.15, -0.1) is 15.3 Å². The van der Waals surface area contributed by atoms with Gasteiger partial charge >= 0.3 is 6.18 Å². The number of nitrogens with one attached hydrogen (secondary N) is 1. The van der Waals surface area contributed by atoms with Crippen LogP contribution in [0.25, 0.3) is 5.65 Å². The van der Waals surface area contributed by atoms with Gasteiger partial charge in [-0.25, -0.2) is 8.78 Å². The van der Waals surface area contributed by atoms with Gasteiger partial charge in [-0.2, -0.15) is 22.8 Å². The molecule has 3 heterocycles. The van der Waals surface area contributed by atoms with E-state index in [0.29, 0.717) is 15.6 Å². The third kappa shape index (κ3) is 3.23. The molecule has 1 N–H and O–H groups in total. The van der Waals surface area contributed by atoms with E-state index in [9.17, 15) is 22.0 Å². The molecule has 0 aliphatic carbocycles. The molecule has 0 radical (unpaired) electrons. The summed E-state index contributed by atoms with van der Waals surface area (Å²) < 4.78 is 65.3. The zero-order valence-corrected chi connectivity index (χ0v) is 13.0. The molecule has 3 aromatic heterocycles. The van der Waals surface area contributed by atoms with Crippen LogP contribution in [0.2, 0.25) is 0 Å². The molecule has 0 saturated heterocycles. The van der Waals surface area contributed by atoms with E-state index in [1.807, 2.05) is 0 Å². The molecule has 12 heteroatoms. The van der Waals surface area contributed by atoms with Gasteiger partial charge < -0.3 is 5.32 Å². The van der Waals surface area contributed by atoms with Crippen LogP contribution in [0.15, 0.2) is 12.3 Å². The topological polar surface area (TPSA) is 72.9 Å². The highest BCUT2D eigenvalue weighted by molar-refractivity contribution is 5.62. The molecule has 25 heavy (non-hydrogen) atoms. The molecule has 7 nitrogen and oxygen atoms in total. The van der Waals surface area contributed by atoms with Crippen LogP contribution in [0, 0.1) is 13.8 Å². The van der Waals surface area contributed by atoms with Crippen molar-refractivity contribution < 1.29 is 22.0 Å². The van der Waals surface area contributed by atoms with E-state index < -0.39 is 25.0 Å². The van der Waals surface area contributed by atoms with Crippen LogP contribution in [-0.2, 0) is 12.7 Å². The highest BCUT2D eigenvalue weighted by atomic mass is 19.4. The van der Waals surface area contributed by atoms with Crippen LogP contribution >= 0.6 is 0 Å². The van der Waals surface area contributed by atoms with E-state index in [4.69, 9.17) is 0 Å². The summed E-state index contributed by atoms with van der Waals surface area (Å²) in [5.41, 5.74) is 0.975. The quantitative estimate of drug-likeness (QED) is 0.724. The maximum absolute atomic E-state index is 13.0. The summed E-state index contributed by atoms with van der Waals surface area (Å²) in [6.07, 6.45) is -5.96. The summed E-state index contributed by atoms with van der Waals surface area (Å²) >= 11 is 0. The summed E-state index contributed by atoms with van der Waals surface area (Å²) in [6.45, 7) is 2.64. The Morgan fingerprint density at radius 2 is 1.84 bits per heavy atom. The summed E-state index contributed by atoms with van der Waals surface area (Å²) in [7, 11) is 0. The average molecular weight is 361 g/mol. The standard InChI is InChI=1S/C13H12F5N7/c1-6-7(2)11-20-21-12(13(16,17)18)25(11)23-10(6)19-9-3-4-24(22-9)5-8(14)15/h3-4,8H,5H2,1-2H3,(H,19,22,23). The fraction of sp³-hybridized carbons (Fsp3) is 0.385. The first kappa shape index (κ1) is 17.0. The molecular weight excluding hydrogens is 349 g/mol. The first-order chi connectivity index (χ1) is 11.7. The van der Waals surface area contributed by atoms with Crippen LogP contribution in [0.5, 0.6) is 0 Å². The summed E-state index contributed by atoms with van der Waals surface area (Å²) in [5, 5.41) is 17.2. The van der Waals surface area contributed by atoms with Gasteiger partial charge in [-0.3, -0.25) is 4.68 Å². The van der Waals surface area contributed by atoms with Crippen LogP contribution in [-0.4, -0.2) is 36.0 Å². The van der Waals surface area contributed by atoms with Crippen LogP contribution in [0.1, 0.15) is 17.0 Å². The molecule has 3 aromatic rings. The van der Waals surface area contributed by atoms with Gasteiger partial charge in [0.05, 0.1) is 0 Å². The highest BCUT2D eigenvalue weighted by Crippen LogP contribution is 2.30. The number of rotatable bonds is 4. The molecule has 0 saturated carbocycles. The Balaban J connectivity index is 2.01. The number of aryl methyl sites for hydroxylation is 1. The minimum absolute atomic E-state index is 0.0152. The maximum atomic E-state index is 13.0. The fourth-order valence-corrected chi connectivity index (χ4v) is 2.22. The monoisotopic (exact) mass is 361 g/mol. The smallest absolute Gasteiger partial charge is 0.322 e. The molecule has 0 unspecified atom stereocenters. The molecule has 0 fully saturated rings. The third-order valence-corrected chi connectivity index (χ3v) is 3.56. The van der Waals surface area contributed by atoms with Crippen molar-refractivity contribution in [2.24, 2.45) is 0 Å². The van der Waals surface area contributed by atoms with E-state index in [0.717, 1.165) is 4.68 Å². The van der Waals surface area contributed by atoms with Gasteiger partial charge in [0, 0.05) is 23.4 Å². The predicted molar refractivity (Wildman–Crippen MR) is 76.8 cm³/mol. The Morgan fingerprint density at radius 1 is 1.12 bits per heavy atom. The third-order valence-electron chi connectivity index (χ3n) is 3.56. The van der Waals surface area contributed by atoms with E-state index >= 15 is 0 Å². The highest BCUT2D eigenvalue weighted by Gasteiger charge is 2.38. The van der Waals surface area contributed by atoms with Gasteiger partial charge in [0.1, 0.15) is 6.54 Å². The number of alkyl halides is 5. The Hall–Kier alpha value is -2.79. The normalized spacial score (nSPS) is 12.3. The molecule has 0 aliphatic heterocycles. The molecule has 0 atom stereocenters. The Morgan fingerprint density at radius 3 is 2.48 bits per heavy atom. The van der Waals surface area contributed by atoms with Crippen LogP contribution in [0.4, 0.5) is 33.6 Å². The van der Waals surface area contributed by atoms with Crippen molar-refractivity contribution in [3.63, 3.8) is 0 Å². The lowest BCUT2D eigenvalue weighted by Gasteiger charge is -2.11. The molecule has 0 aliphatic rings. The molecule has 0 bridgehead atoms. The first-order valence-corrected chi connectivity index (χ1v) is 7.05. The van der Waals surface area contributed by atoms with Crippen molar-refractivity contribution in [2.75, 3.05) is 5.32 Å². The van der Waals surface area contributed by atoms with Crippen molar-refractivity contribution in [3.05, 3.63) is 29.2 Å². The lowest BCUT2D eigenvalue weighted by molar-refractivity contribution is -0.146. The van der Waals surface area contributed by atoms with Crippen molar-refractivity contribution in [2.45, 2.75) is 33.0 Å². The van der Waals surface area contributed by atoms with Crippen LogP contribution in [0.3, 0.4) is 0 Å². The summed E-state index contributed by atoms with van der Waals surface area (Å²) in [4.78, 5) is 0. The molecule has 0 aromatic carbocycles. The number of nitrogens with zero attached hydrogens (tertiary/aromatic N) is 6. The largest absolute Gasteiger partial charge is 0.453 e. The van der Waals surface area contributed by atoms with Crippen molar-refractivity contribution in [1.29, 1.82) is 0 Å². The number of anilines is 2. The van der Waals surface area contributed by atoms with Gasteiger partial charge in [-0.05, 0) is 13.8 Å². The fourth-order valence-electron chi connectivity index (χ4n) is 2.22. The second-order valence-corrected chi connectivity index (χ2v) is 5.29. The van der Waals surface area contributed by atoms with Crippen molar-refractivity contribution >= 4 is 17.3 Å². The van der Waals surface area contributed by atoms with E-state index in [1.54, 1.807) is 13.8 Å². The van der Waals surface area contributed by atoms with Gasteiger partial charge in [0.2, 0.25) is 0 Å². The Labute approximate surface area is 137 Å². The minimum Gasteiger partial charge on any atom is -0.322 e. The van der Waals surface area contributed by atoms with Crippen LogP contribution < -0.4 is 5.32 Å². The maximum Gasteiger partial charge on any atom is 0.453 e. The number of aromatic nitrogens is 6. The van der Waals surface area contributed by atoms with Gasteiger partial charge in [0.15, 0.2) is 17.3 Å². The van der Waals surface area contributed by atoms with Crippen molar-refractivity contribution in [1.82, 2.24) is 29.6 Å². The molecule has 0 amide bonds. The van der Waals surface area contributed by atoms with Gasteiger partial charge in [-0.1, -0.05) is 0 Å². The molecular formula is C13H12F5N7. The van der Waals surface area contributed by atoms with Gasteiger partial charge in [0.25, 0.3) is 12.2 Å². The van der Waals surface area contributed by atoms with E-state index in [-0.39, 0.29) is 17.3 Å². The zero-order valence-electron chi connectivity index (χ0n) is 13.0. The summed E-state index contributed by atoms with van der Waals surface area (Å²) in [5.74, 6) is -0.980. The van der Waals surface area contributed by atoms with E-state index in [2.05, 4.69) is 25.7 Å². The number of hydrogen-bond acceptors (Lipinski definition) is 5. The SMILES string of the molecule is Cc1c(Nc2ccn(CC(F)F)n2)nn2c(C(F)(F)F)nnc2c1C. The minimum atomic E-state index is -4.72. The zero-order chi connectivity index (χ0) is 18.4. The molecule has 3 rings (SSSR count). The van der Waals surface area contributed by atoms with Crippen molar-refractivity contribution in [3.8, 4) is 0 Å². The number of fused-ring (bicyclic) bond motifs is 1. The lowest BCUT2D eigenvalue weighted by Crippen LogP contribution is -2.14. The lowest BCUT2D eigenvalue weighted by atomic mass is 10.2. The second-order valence-electron chi connectivity index (χ2n) is 5.29. The Kier molecular flexibility index (Phi) is 4.05. The second kappa shape index (κ2) is 5.93. The number of halogens is 5. The molecule has 0 spiro atoms. The molecule has 134 valence electrons. The first-order valence-electron chi connectivity index (χ1n) is 7.05. The Bertz CT molecular complexity index is 912. The average Bonchev–Trinajstić information content (AvgIpc) is 3.10. The van der Waals surface area contributed by atoms with E-state index in [1.165, 1.54) is 12.3 Å².